The molecule has 0 amide bonds. The fourth-order valence-corrected chi connectivity index (χ4v) is 6.62. The van der Waals surface area contributed by atoms with Crippen molar-refractivity contribution in [3.05, 3.63) is 144 Å². The molecule has 4 N–H and O–H groups in total. The largest absolute Gasteiger partial charge is 2.00 e. The Morgan fingerprint density at radius 1 is 0.340 bits per heavy atom. The van der Waals surface area contributed by atoms with E-state index < -0.39 is 0 Å². The van der Waals surface area contributed by atoms with Crippen molar-refractivity contribution in [3.8, 4) is 0 Å². The van der Waals surface area contributed by atoms with Gasteiger partial charge in [-0.15, -0.1) is 0 Å². The van der Waals surface area contributed by atoms with Crippen LogP contribution >= 0.6 is 0 Å². The van der Waals surface area contributed by atoms with Crippen LogP contribution < -0.4 is 55.2 Å². The Morgan fingerprint density at radius 2 is 0.532 bits per heavy atom. The first-order chi connectivity index (χ1) is 21.8. The first-order valence-electron chi connectivity index (χ1n) is 16.9. The van der Waals surface area contributed by atoms with Crippen LogP contribution in [0, 0.1) is 0 Å². The van der Waals surface area contributed by atoms with Crippen LogP contribution in [0.25, 0.3) is 0 Å². The number of rotatable bonds is 12. The zero-order valence-corrected chi connectivity index (χ0v) is 31.6. The van der Waals surface area contributed by atoms with Crippen molar-refractivity contribution >= 4 is 0 Å². The fourth-order valence-electron chi connectivity index (χ4n) is 6.62. The van der Waals surface area contributed by atoms with Crippen molar-refractivity contribution in [2.24, 2.45) is 0 Å². The molecule has 2 fully saturated rings. The third-order valence-electron chi connectivity index (χ3n) is 9.18. The SMILES string of the molecule is [Br-].[Br-].[Ni+2].c1ccc(CN[C@H]2CCCC[C@@H]2NCc2ccccc2)cc1.c1ccc(CN[C@H]2CCCC[C@@H]2NCc2ccccc2)cc1. The zero-order valence-electron chi connectivity index (χ0n) is 27.4. The Kier molecular flexibility index (Phi) is 21.4. The minimum absolute atomic E-state index is 0. The maximum atomic E-state index is 3.76. The Bertz CT molecular complexity index is 1100. The summed E-state index contributed by atoms with van der Waals surface area (Å²) in [4.78, 5) is 0. The van der Waals surface area contributed by atoms with Crippen LogP contribution in [0.1, 0.15) is 73.6 Å². The third kappa shape index (κ3) is 15.1. The van der Waals surface area contributed by atoms with Crippen LogP contribution in [0.15, 0.2) is 121 Å². The van der Waals surface area contributed by atoms with Crippen molar-refractivity contribution in [2.45, 2.75) is 102 Å². The molecule has 2 aliphatic rings. The first kappa shape index (κ1) is 41.3. The van der Waals surface area contributed by atoms with Gasteiger partial charge in [-0.25, -0.2) is 0 Å². The molecule has 0 radical (unpaired) electrons. The maximum Gasteiger partial charge on any atom is 2.00 e. The zero-order chi connectivity index (χ0) is 30.1. The second-order valence-electron chi connectivity index (χ2n) is 12.5. The van der Waals surface area contributed by atoms with Crippen molar-refractivity contribution in [2.75, 3.05) is 0 Å². The molecule has 4 atom stereocenters. The summed E-state index contributed by atoms with van der Waals surface area (Å²) in [6.45, 7) is 3.87. The van der Waals surface area contributed by atoms with E-state index in [2.05, 4.69) is 143 Å². The first-order valence-corrected chi connectivity index (χ1v) is 16.9. The second-order valence-corrected chi connectivity index (χ2v) is 12.5. The minimum atomic E-state index is 0. The molecule has 7 heteroatoms. The van der Waals surface area contributed by atoms with Crippen LogP contribution in [0.2, 0.25) is 0 Å². The molecule has 2 saturated carbocycles. The maximum absolute atomic E-state index is 3.76. The number of halogens is 2. The number of hydrogen-bond donors (Lipinski definition) is 4. The van der Waals surface area contributed by atoms with Gasteiger partial charge in [-0.1, -0.05) is 147 Å². The van der Waals surface area contributed by atoms with Gasteiger partial charge in [0.25, 0.3) is 0 Å². The monoisotopic (exact) mass is 804 g/mol. The molecule has 0 aliphatic heterocycles. The van der Waals surface area contributed by atoms with E-state index in [0.717, 1.165) is 26.2 Å². The van der Waals surface area contributed by atoms with Gasteiger partial charge in [-0.05, 0) is 47.9 Å². The molecule has 4 aromatic rings. The van der Waals surface area contributed by atoms with Gasteiger partial charge in [0.2, 0.25) is 0 Å². The van der Waals surface area contributed by atoms with Crippen molar-refractivity contribution in [3.63, 3.8) is 0 Å². The van der Waals surface area contributed by atoms with Crippen molar-refractivity contribution < 1.29 is 50.5 Å². The summed E-state index contributed by atoms with van der Waals surface area (Å²) in [6, 6.07) is 45.1. The van der Waals surface area contributed by atoms with Crippen LogP contribution in [-0.4, -0.2) is 24.2 Å². The summed E-state index contributed by atoms with van der Waals surface area (Å²) < 4.78 is 0. The third-order valence-corrected chi connectivity index (χ3v) is 9.18. The van der Waals surface area contributed by atoms with Crippen LogP contribution in [0.4, 0.5) is 0 Å². The summed E-state index contributed by atoms with van der Waals surface area (Å²) >= 11 is 0. The van der Waals surface area contributed by atoms with E-state index >= 15 is 0 Å². The smallest absolute Gasteiger partial charge is 1.00 e. The number of benzene rings is 4. The van der Waals surface area contributed by atoms with Gasteiger partial charge in [-0.3, -0.25) is 0 Å². The predicted molar refractivity (Wildman–Crippen MR) is 185 cm³/mol. The molecule has 0 bridgehead atoms. The van der Waals surface area contributed by atoms with E-state index in [9.17, 15) is 0 Å². The Hall–Kier alpha value is -1.83. The summed E-state index contributed by atoms with van der Waals surface area (Å²) in [6.07, 6.45) is 10.5. The van der Waals surface area contributed by atoms with Gasteiger partial charge >= 0.3 is 16.5 Å². The van der Waals surface area contributed by atoms with Crippen LogP contribution in [0.3, 0.4) is 0 Å². The van der Waals surface area contributed by atoms with E-state index in [0.29, 0.717) is 24.2 Å². The molecule has 6 rings (SSSR count). The van der Waals surface area contributed by atoms with E-state index in [1.807, 2.05) is 0 Å². The molecule has 4 aromatic carbocycles. The van der Waals surface area contributed by atoms with Gasteiger partial charge in [0.05, 0.1) is 0 Å². The van der Waals surface area contributed by atoms with Gasteiger partial charge in [0.15, 0.2) is 0 Å². The van der Waals surface area contributed by atoms with Crippen LogP contribution in [0.5, 0.6) is 0 Å². The summed E-state index contributed by atoms with van der Waals surface area (Å²) in [7, 11) is 0. The number of hydrogen-bond acceptors (Lipinski definition) is 4. The average molecular weight is 807 g/mol. The van der Waals surface area contributed by atoms with Gasteiger partial charge in [0, 0.05) is 50.3 Å². The van der Waals surface area contributed by atoms with E-state index in [4.69, 9.17) is 0 Å². The Labute approximate surface area is 315 Å². The quantitative estimate of drug-likeness (QED) is 0.165. The van der Waals surface area contributed by atoms with Gasteiger partial charge < -0.3 is 55.2 Å². The predicted octanol–water partition coefficient (Wildman–Crippen LogP) is 1.76. The molecule has 47 heavy (non-hydrogen) atoms. The summed E-state index contributed by atoms with van der Waals surface area (Å²) in [5, 5.41) is 15.0. The Morgan fingerprint density at radius 3 is 0.723 bits per heavy atom. The van der Waals surface area contributed by atoms with Crippen molar-refractivity contribution in [1.29, 1.82) is 0 Å². The molecular formula is C40H52Br2N4Ni. The molecule has 0 heterocycles. The summed E-state index contributed by atoms with van der Waals surface area (Å²) in [5.74, 6) is 0. The molecule has 0 aromatic heterocycles. The van der Waals surface area contributed by atoms with Crippen molar-refractivity contribution in [1.82, 2.24) is 21.3 Å². The van der Waals surface area contributed by atoms with Crippen LogP contribution in [-0.2, 0) is 42.7 Å². The normalized spacial score (nSPS) is 20.3. The molecular weight excluding hydrogens is 755 g/mol. The fraction of sp³-hybridized carbons (Fsp3) is 0.400. The molecule has 4 nitrogen and oxygen atoms in total. The van der Waals surface area contributed by atoms with Gasteiger partial charge in [-0.2, -0.15) is 0 Å². The molecule has 2 aliphatic carbocycles. The topological polar surface area (TPSA) is 48.1 Å². The molecule has 0 spiro atoms. The van der Waals surface area contributed by atoms with E-state index in [1.54, 1.807) is 0 Å². The molecule has 256 valence electrons. The molecule has 0 unspecified atom stereocenters. The Balaban J connectivity index is 0.000000307. The minimum Gasteiger partial charge on any atom is -1.00 e. The standard InChI is InChI=1S/2C20H26N2.2BrH.Ni/c2*1-3-9-17(10-4-1)15-21-19-13-7-8-14-20(19)22-16-18-11-5-2-6-12-18;;;/h2*1-6,9-12,19-22H,7-8,13-16H2;2*1H;/q;;;;+2/p-2/t2*19-,20-;;;/m00.../s1. The van der Waals surface area contributed by atoms with E-state index in [1.165, 1.54) is 73.6 Å². The molecule has 0 saturated heterocycles. The van der Waals surface area contributed by atoms with E-state index in [-0.39, 0.29) is 50.5 Å². The second kappa shape index (κ2) is 24.3. The van der Waals surface area contributed by atoms with Gasteiger partial charge in [0.1, 0.15) is 0 Å². The summed E-state index contributed by atoms with van der Waals surface area (Å²) in [5.41, 5.74) is 5.48. The average Bonchev–Trinajstić information content (AvgIpc) is 3.11. The number of nitrogens with one attached hydrogen (secondary N) is 4.